The Balaban J connectivity index is 2.12. The maximum absolute atomic E-state index is 2.65. The van der Waals surface area contributed by atoms with Gasteiger partial charge in [0.1, 0.15) is 0 Å². The highest BCUT2D eigenvalue weighted by atomic mass is 14.2. The SMILES string of the molecule is CCCCC=C1CCCCCCCCCCC1=C1CCCCC1. The molecule has 2 aliphatic rings. The Morgan fingerprint density at radius 3 is 1.83 bits per heavy atom. The second kappa shape index (κ2) is 11.9. The van der Waals surface area contributed by atoms with Crippen LogP contribution in [0.4, 0.5) is 0 Å². The van der Waals surface area contributed by atoms with Gasteiger partial charge < -0.3 is 0 Å². The monoisotopic (exact) mass is 316 g/mol. The molecule has 0 unspecified atom stereocenters. The van der Waals surface area contributed by atoms with Gasteiger partial charge in [0.2, 0.25) is 0 Å². The van der Waals surface area contributed by atoms with E-state index in [0.29, 0.717) is 0 Å². The van der Waals surface area contributed by atoms with Crippen molar-refractivity contribution in [2.75, 3.05) is 0 Å². The van der Waals surface area contributed by atoms with Crippen LogP contribution >= 0.6 is 0 Å². The van der Waals surface area contributed by atoms with Gasteiger partial charge >= 0.3 is 0 Å². The molecule has 0 aromatic carbocycles. The van der Waals surface area contributed by atoms with E-state index in [9.17, 15) is 0 Å². The molecule has 0 aromatic heterocycles. The van der Waals surface area contributed by atoms with Crippen LogP contribution in [0.5, 0.6) is 0 Å². The Morgan fingerprint density at radius 2 is 1.17 bits per heavy atom. The summed E-state index contributed by atoms with van der Waals surface area (Å²) in [5, 5.41) is 0. The number of hydrogen-bond acceptors (Lipinski definition) is 0. The molecule has 2 saturated carbocycles. The lowest BCUT2D eigenvalue weighted by atomic mass is 9.83. The van der Waals surface area contributed by atoms with Gasteiger partial charge in [0, 0.05) is 0 Å². The van der Waals surface area contributed by atoms with Gasteiger partial charge in [0.05, 0.1) is 0 Å². The second-order valence-electron chi connectivity index (χ2n) is 7.84. The van der Waals surface area contributed by atoms with Crippen molar-refractivity contribution in [3.8, 4) is 0 Å². The standard InChI is InChI=1S/C23H40/c1-2-3-11-16-21-17-12-8-6-4-5-7-9-15-20-23(21)22-18-13-10-14-19-22/h16H,2-15,17-20H2,1H3. The van der Waals surface area contributed by atoms with Gasteiger partial charge in [-0.15, -0.1) is 0 Å². The molecular formula is C23H40. The molecule has 0 spiro atoms. The lowest BCUT2D eigenvalue weighted by molar-refractivity contribution is 0.549. The quantitative estimate of drug-likeness (QED) is 0.459. The zero-order chi connectivity index (χ0) is 16.2. The van der Waals surface area contributed by atoms with E-state index in [-0.39, 0.29) is 0 Å². The van der Waals surface area contributed by atoms with Gasteiger partial charge in [0.15, 0.2) is 0 Å². The van der Waals surface area contributed by atoms with E-state index in [2.05, 4.69) is 13.0 Å². The van der Waals surface area contributed by atoms with E-state index in [4.69, 9.17) is 0 Å². The summed E-state index contributed by atoms with van der Waals surface area (Å²) in [6, 6.07) is 0. The zero-order valence-electron chi connectivity index (χ0n) is 15.8. The van der Waals surface area contributed by atoms with Crippen LogP contribution in [0.2, 0.25) is 0 Å². The molecule has 0 aliphatic heterocycles. The Kier molecular flexibility index (Phi) is 9.76. The Morgan fingerprint density at radius 1 is 0.652 bits per heavy atom. The van der Waals surface area contributed by atoms with Gasteiger partial charge in [-0.3, -0.25) is 0 Å². The summed E-state index contributed by atoms with van der Waals surface area (Å²) in [5.41, 5.74) is 5.47. The van der Waals surface area contributed by atoms with Crippen molar-refractivity contribution < 1.29 is 0 Å². The average Bonchev–Trinajstić information content (AvgIpc) is 2.58. The van der Waals surface area contributed by atoms with Gasteiger partial charge in [-0.05, 0) is 68.9 Å². The van der Waals surface area contributed by atoms with Crippen molar-refractivity contribution in [3.05, 3.63) is 22.8 Å². The van der Waals surface area contributed by atoms with Gasteiger partial charge in [-0.25, -0.2) is 0 Å². The number of rotatable bonds is 3. The fourth-order valence-electron chi connectivity index (χ4n) is 4.38. The van der Waals surface area contributed by atoms with Crippen LogP contribution in [0.15, 0.2) is 22.8 Å². The molecule has 0 heterocycles. The van der Waals surface area contributed by atoms with Crippen LogP contribution in [0.25, 0.3) is 0 Å². The molecule has 2 fully saturated rings. The highest BCUT2D eigenvalue weighted by Crippen LogP contribution is 2.34. The first-order chi connectivity index (χ1) is 11.4. The molecule has 23 heavy (non-hydrogen) atoms. The van der Waals surface area contributed by atoms with E-state index in [1.807, 2.05) is 11.1 Å². The molecular weight excluding hydrogens is 276 g/mol. The molecule has 2 aliphatic carbocycles. The van der Waals surface area contributed by atoms with Gasteiger partial charge in [-0.1, -0.05) is 76.4 Å². The fraction of sp³-hybridized carbons (Fsp3) is 0.826. The summed E-state index contributed by atoms with van der Waals surface area (Å²) in [6.45, 7) is 2.32. The third-order valence-electron chi connectivity index (χ3n) is 5.84. The first-order valence-corrected chi connectivity index (χ1v) is 10.8. The van der Waals surface area contributed by atoms with Crippen molar-refractivity contribution in [1.29, 1.82) is 0 Å². The van der Waals surface area contributed by atoms with E-state index >= 15 is 0 Å². The van der Waals surface area contributed by atoms with E-state index in [1.54, 1.807) is 5.57 Å². The fourth-order valence-corrected chi connectivity index (χ4v) is 4.38. The molecule has 0 atom stereocenters. The summed E-state index contributed by atoms with van der Waals surface area (Å²) >= 11 is 0. The smallest absolute Gasteiger partial charge is 0.0277 e. The molecule has 0 bridgehead atoms. The van der Waals surface area contributed by atoms with Gasteiger partial charge in [-0.2, -0.15) is 0 Å². The molecule has 2 rings (SSSR count). The van der Waals surface area contributed by atoms with Crippen molar-refractivity contribution in [1.82, 2.24) is 0 Å². The first kappa shape index (κ1) is 18.8. The molecule has 0 aromatic rings. The minimum absolute atomic E-state index is 1.31. The van der Waals surface area contributed by atoms with Crippen molar-refractivity contribution in [3.63, 3.8) is 0 Å². The molecule has 0 heteroatoms. The van der Waals surface area contributed by atoms with Crippen LogP contribution in [-0.4, -0.2) is 0 Å². The molecule has 0 amide bonds. The summed E-state index contributed by atoms with van der Waals surface area (Å²) in [4.78, 5) is 0. The molecule has 132 valence electrons. The summed E-state index contributed by atoms with van der Waals surface area (Å²) in [5.74, 6) is 0. The maximum atomic E-state index is 2.65. The van der Waals surface area contributed by atoms with Crippen LogP contribution in [0.3, 0.4) is 0 Å². The maximum Gasteiger partial charge on any atom is -0.0277 e. The third-order valence-corrected chi connectivity index (χ3v) is 5.84. The van der Waals surface area contributed by atoms with E-state index in [1.165, 1.54) is 116 Å². The number of allylic oxidation sites excluding steroid dienone is 4. The number of hydrogen-bond donors (Lipinski definition) is 0. The highest BCUT2D eigenvalue weighted by molar-refractivity contribution is 5.36. The van der Waals surface area contributed by atoms with E-state index < -0.39 is 0 Å². The summed E-state index contributed by atoms with van der Waals surface area (Å²) in [7, 11) is 0. The van der Waals surface area contributed by atoms with Crippen LogP contribution in [-0.2, 0) is 0 Å². The zero-order valence-corrected chi connectivity index (χ0v) is 15.8. The van der Waals surface area contributed by atoms with Crippen LogP contribution in [0.1, 0.15) is 122 Å². The normalized spacial score (nSPS) is 24.3. The highest BCUT2D eigenvalue weighted by Gasteiger charge is 2.15. The lowest BCUT2D eigenvalue weighted by Gasteiger charge is -2.23. The molecule has 0 saturated heterocycles. The predicted octanol–water partition coefficient (Wildman–Crippen LogP) is 8.28. The Bertz CT molecular complexity index is 363. The topological polar surface area (TPSA) is 0 Å². The first-order valence-electron chi connectivity index (χ1n) is 10.8. The van der Waals surface area contributed by atoms with Crippen molar-refractivity contribution >= 4 is 0 Å². The van der Waals surface area contributed by atoms with Crippen molar-refractivity contribution in [2.24, 2.45) is 0 Å². The average molecular weight is 317 g/mol. The second-order valence-corrected chi connectivity index (χ2v) is 7.84. The third kappa shape index (κ3) is 7.27. The predicted molar refractivity (Wildman–Crippen MR) is 104 cm³/mol. The van der Waals surface area contributed by atoms with Crippen molar-refractivity contribution in [2.45, 2.75) is 122 Å². The van der Waals surface area contributed by atoms with Gasteiger partial charge in [0.25, 0.3) is 0 Å². The Hall–Kier alpha value is -0.520. The molecule has 0 nitrogen and oxygen atoms in total. The molecule has 0 radical (unpaired) electrons. The van der Waals surface area contributed by atoms with Crippen LogP contribution < -0.4 is 0 Å². The minimum atomic E-state index is 1.31. The lowest BCUT2D eigenvalue weighted by Crippen LogP contribution is -2.03. The van der Waals surface area contributed by atoms with Crippen LogP contribution in [0, 0.1) is 0 Å². The minimum Gasteiger partial charge on any atom is -0.0810 e. The Labute approximate surface area is 145 Å². The number of unbranched alkanes of at least 4 members (excludes halogenated alkanes) is 2. The van der Waals surface area contributed by atoms with E-state index in [0.717, 1.165) is 0 Å². The summed E-state index contributed by atoms with van der Waals surface area (Å²) < 4.78 is 0. The summed E-state index contributed by atoms with van der Waals surface area (Å²) in [6.07, 6.45) is 28.2. The molecule has 0 N–H and O–H groups in total. The largest absolute Gasteiger partial charge is 0.0810 e.